The van der Waals surface area contributed by atoms with Gasteiger partial charge in [0.05, 0.1) is 12.8 Å². The smallest absolute Gasteiger partial charge is 0.328 e. The Kier molecular flexibility index (Phi) is 4.85. The van der Waals surface area contributed by atoms with Gasteiger partial charge in [0.1, 0.15) is 11.9 Å². The third-order valence-electron chi connectivity index (χ3n) is 6.54. The summed E-state index contributed by atoms with van der Waals surface area (Å²) in [6, 6.07) is 1.82. The number of nitrogens with one attached hydrogen (secondary N) is 2. The van der Waals surface area contributed by atoms with Gasteiger partial charge in [0.2, 0.25) is 5.95 Å². The number of hydrogen-bond acceptors (Lipinski definition) is 7. The topological polar surface area (TPSA) is 96.0 Å². The van der Waals surface area contributed by atoms with Crippen LogP contribution >= 0.6 is 0 Å². The number of aromatic amines is 1. The van der Waals surface area contributed by atoms with Crippen molar-refractivity contribution >= 4 is 23.6 Å². The second kappa shape index (κ2) is 7.65. The van der Waals surface area contributed by atoms with Crippen LogP contribution in [0.1, 0.15) is 67.8 Å². The molecule has 2 aromatic heterocycles. The largest absolute Gasteiger partial charge is 0.467 e. The Bertz CT molecular complexity index is 905. The second-order valence-electron chi connectivity index (χ2n) is 8.34. The highest BCUT2D eigenvalue weighted by atomic mass is 16.5. The Labute approximate surface area is 170 Å². The maximum absolute atomic E-state index is 12.2. The van der Waals surface area contributed by atoms with E-state index in [-0.39, 0.29) is 12.0 Å². The Balaban J connectivity index is 1.43. The summed E-state index contributed by atoms with van der Waals surface area (Å²) >= 11 is 0. The summed E-state index contributed by atoms with van der Waals surface area (Å²) in [6.07, 6.45) is 9.78. The normalized spacial score (nSPS) is 21.6. The van der Waals surface area contributed by atoms with Crippen LogP contribution in [0.3, 0.4) is 0 Å². The average molecular weight is 396 g/mol. The second-order valence-corrected chi connectivity index (χ2v) is 8.34. The number of methoxy groups -OCH3 is 1. The number of esters is 1. The minimum atomic E-state index is -0.299. The molecule has 8 heteroatoms. The number of hydrogen-bond donors (Lipinski definition) is 2. The molecule has 1 atom stereocenters. The monoisotopic (exact) mass is 396 g/mol. The van der Waals surface area contributed by atoms with Crippen molar-refractivity contribution in [3.63, 3.8) is 0 Å². The molecule has 3 aliphatic rings. The zero-order chi connectivity index (χ0) is 19.8. The molecule has 0 unspecified atom stereocenters. The van der Waals surface area contributed by atoms with E-state index in [9.17, 15) is 4.79 Å². The summed E-state index contributed by atoms with van der Waals surface area (Å²) in [7, 11) is 1.44. The molecular weight excluding hydrogens is 368 g/mol. The van der Waals surface area contributed by atoms with Crippen LogP contribution in [0.5, 0.6) is 0 Å². The summed E-state index contributed by atoms with van der Waals surface area (Å²) in [4.78, 5) is 23.8. The van der Waals surface area contributed by atoms with E-state index in [2.05, 4.69) is 21.6 Å². The summed E-state index contributed by atoms with van der Waals surface area (Å²) in [5, 5.41) is 11.1. The number of nitrogens with zero attached hydrogens (tertiary/aromatic N) is 4. The third-order valence-corrected chi connectivity index (χ3v) is 6.54. The fraction of sp³-hybridized carbons (Fsp3) is 0.619. The fourth-order valence-corrected chi connectivity index (χ4v) is 5.01. The number of ether oxygens (including phenoxy) is 1. The van der Waals surface area contributed by atoms with Crippen LogP contribution in [0.15, 0.2) is 6.07 Å². The van der Waals surface area contributed by atoms with Crippen LogP contribution in [0.4, 0.5) is 17.6 Å². The highest BCUT2D eigenvalue weighted by Gasteiger charge is 2.34. The van der Waals surface area contributed by atoms with Crippen LogP contribution in [-0.4, -0.2) is 45.8 Å². The van der Waals surface area contributed by atoms with Gasteiger partial charge in [0.15, 0.2) is 5.82 Å². The van der Waals surface area contributed by atoms with E-state index in [0.29, 0.717) is 11.9 Å². The first-order valence-corrected chi connectivity index (χ1v) is 10.8. The van der Waals surface area contributed by atoms with Crippen LogP contribution < -0.4 is 10.2 Å². The van der Waals surface area contributed by atoms with Crippen molar-refractivity contribution in [1.82, 2.24) is 20.2 Å². The molecule has 1 aliphatic heterocycles. The maximum atomic E-state index is 12.2. The number of aromatic nitrogens is 4. The zero-order valence-electron chi connectivity index (χ0n) is 16.9. The summed E-state index contributed by atoms with van der Waals surface area (Å²) in [5.41, 5.74) is 3.47. The van der Waals surface area contributed by atoms with Gasteiger partial charge in [-0.1, -0.05) is 12.8 Å². The highest BCUT2D eigenvalue weighted by molar-refractivity contribution is 5.80. The van der Waals surface area contributed by atoms with Crippen molar-refractivity contribution < 1.29 is 9.53 Å². The number of aryl methyl sites for hydroxylation is 1. The molecule has 1 saturated heterocycles. The maximum Gasteiger partial charge on any atom is 0.328 e. The molecule has 8 nitrogen and oxygen atoms in total. The lowest BCUT2D eigenvalue weighted by molar-refractivity contribution is -0.141. The molecule has 3 heterocycles. The minimum Gasteiger partial charge on any atom is -0.467 e. The number of anilines is 3. The Morgan fingerprint density at radius 3 is 2.86 bits per heavy atom. The van der Waals surface area contributed by atoms with Gasteiger partial charge in [-0.05, 0) is 44.9 Å². The first-order valence-electron chi connectivity index (χ1n) is 10.8. The van der Waals surface area contributed by atoms with Gasteiger partial charge in [-0.3, -0.25) is 5.10 Å². The van der Waals surface area contributed by atoms with Gasteiger partial charge in [-0.2, -0.15) is 10.1 Å². The standard InChI is InChI=1S/C21H28N6O2/c1-29-20(28)17-10-5-11-27(17)21-22-15-9-4-8-14(15)19(24-21)23-18-12-16(25-26-18)13-6-2-3-7-13/h12-13,17H,2-11H2,1H3,(H2,22,23,24,25,26)/t17-/m0/s1. The van der Waals surface area contributed by atoms with E-state index in [1.54, 1.807) is 0 Å². The molecule has 2 aliphatic carbocycles. The Morgan fingerprint density at radius 1 is 1.17 bits per heavy atom. The van der Waals surface area contributed by atoms with Crippen LogP contribution in [0, 0.1) is 0 Å². The van der Waals surface area contributed by atoms with Crippen molar-refractivity contribution in [2.75, 3.05) is 23.9 Å². The summed E-state index contributed by atoms with van der Waals surface area (Å²) in [5.74, 6) is 2.62. The van der Waals surface area contributed by atoms with Crippen LogP contribution in [0.2, 0.25) is 0 Å². The van der Waals surface area contributed by atoms with Crippen molar-refractivity contribution in [3.8, 4) is 0 Å². The molecule has 0 spiro atoms. The molecule has 29 heavy (non-hydrogen) atoms. The van der Waals surface area contributed by atoms with Crippen LogP contribution in [-0.2, 0) is 22.4 Å². The van der Waals surface area contributed by atoms with E-state index in [1.807, 2.05) is 4.90 Å². The van der Waals surface area contributed by atoms with E-state index < -0.39 is 0 Å². The molecule has 0 amide bonds. The van der Waals surface area contributed by atoms with Gasteiger partial charge >= 0.3 is 5.97 Å². The lowest BCUT2D eigenvalue weighted by Crippen LogP contribution is -2.38. The van der Waals surface area contributed by atoms with Gasteiger partial charge in [-0.15, -0.1) is 0 Å². The van der Waals surface area contributed by atoms with Crippen molar-refractivity contribution in [3.05, 3.63) is 23.0 Å². The summed E-state index contributed by atoms with van der Waals surface area (Å²) in [6.45, 7) is 0.770. The molecule has 5 rings (SSSR count). The summed E-state index contributed by atoms with van der Waals surface area (Å²) < 4.78 is 4.99. The van der Waals surface area contributed by atoms with Gasteiger partial charge in [0, 0.05) is 29.8 Å². The molecule has 2 aromatic rings. The predicted molar refractivity (Wildman–Crippen MR) is 110 cm³/mol. The molecule has 0 bridgehead atoms. The zero-order valence-corrected chi connectivity index (χ0v) is 16.9. The third kappa shape index (κ3) is 3.45. The van der Waals surface area contributed by atoms with E-state index in [0.717, 1.165) is 56.0 Å². The van der Waals surface area contributed by atoms with Gasteiger partial charge < -0.3 is 15.0 Å². The van der Waals surface area contributed by atoms with Crippen molar-refractivity contribution in [2.24, 2.45) is 0 Å². The quantitative estimate of drug-likeness (QED) is 0.749. The molecule has 154 valence electrons. The average Bonchev–Trinajstić information content (AvgIpc) is 3.53. The first-order chi connectivity index (χ1) is 14.2. The lowest BCUT2D eigenvalue weighted by Gasteiger charge is -2.24. The lowest BCUT2D eigenvalue weighted by atomic mass is 10.0. The van der Waals surface area contributed by atoms with E-state index in [4.69, 9.17) is 14.7 Å². The SMILES string of the molecule is COC(=O)[C@@H]1CCCN1c1nc2c(c(Nc3cc(C4CCCC4)[nH]n3)n1)CCC2. The number of carbonyl (C=O) groups is 1. The number of H-pyrrole nitrogens is 1. The Hall–Kier alpha value is -2.64. The van der Waals surface area contributed by atoms with E-state index >= 15 is 0 Å². The number of rotatable bonds is 5. The molecule has 0 radical (unpaired) electrons. The molecule has 1 saturated carbocycles. The first kappa shape index (κ1) is 18.4. The van der Waals surface area contributed by atoms with E-state index in [1.165, 1.54) is 44.1 Å². The van der Waals surface area contributed by atoms with Crippen LogP contribution in [0.25, 0.3) is 0 Å². The highest BCUT2D eigenvalue weighted by Crippen LogP contribution is 2.35. The Morgan fingerprint density at radius 2 is 2.03 bits per heavy atom. The van der Waals surface area contributed by atoms with Crippen molar-refractivity contribution in [2.45, 2.75) is 69.7 Å². The molecule has 2 fully saturated rings. The molecular formula is C21H28N6O2. The molecule has 0 aromatic carbocycles. The number of carbonyl (C=O) groups excluding carboxylic acids is 1. The van der Waals surface area contributed by atoms with Gasteiger partial charge in [0.25, 0.3) is 0 Å². The predicted octanol–water partition coefficient (Wildman–Crippen LogP) is 3.23. The fourth-order valence-electron chi connectivity index (χ4n) is 5.01. The van der Waals surface area contributed by atoms with Crippen molar-refractivity contribution in [1.29, 1.82) is 0 Å². The molecule has 2 N–H and O–H groups in total. The number of fused-ring (bicyclic) bond motifs is 1. The minimum absolute atomic E-state index is 0.213. The van der Waals surface area contributed by atoms with Gasteiger partial charge in [-0.25, -0.2) is 9.78 Å².